The summed E-state index contributed by atoms with van der Waals surface area (Å²) in [7, 11) is 0. The second-order valence-electron chi connectivity index (χ2n) is 7.88. The van der Waals surface area contributed by atoms with Crippen LogP contribution in [0.1, 0.15) is 18.2 Å². The fourth-order valence-corrected chi connectivity index (χ4v) is 3.98. The number of fused-ring (bicyclic) bond motifs is 1. The van der Waals surface area contributed by atoms with Gasteiger partial charge in [0.2, 0.25) is 5.91 Å². The van der Waals surface area contributed by atoms with E-state index in [-0.39, 0.29) is 6.54 Å². The first-order valence-electron chi connectivity index (χ1n) is 10.9. The number of anilines is 1. The molecule has 0 fully saturated rings. The topological polar surface area (TPSA) is 131 Å². The van der Waals surface area contributed by atoms with Gasteiger partial charge in [0.25, 0.3) is 0 Å². The molecule has 3 heterocycles. The van der Waals surface area contributed by atoms with Crippen molar-refractivity contribution in [3.8, 4) is 22.5 Å². The molecule has 3 aromatic heterocycles. The molecule has 5 rings (SSSR count). The van der Waals surface area contributed by atoms with Gasteiger partial charge in [0.15, 0.2) is 11.5 Å². The van der Waals surface area contributed by atoms with E-state index in [9.17, 15) is 4.79 Å². The number of nitrogens with zero attached hydrogens (tertiary/aromatic N) is 7. The zero-order valence-electron chi connectivity index (χ0n) is 18.6. The van der Waals surface area contributed by atoms with Crippen LogP contribution in [0.2, 0.25) is 0 Å². The second kappa shape index (κ2) is 9.10. The molecule has 34 heavy (non-hydrogen) atoms. The SMILES string of the molecule is CCc1cc(N(CC(N)=O)Cc2ccc(-c3ccccc3-c3nnn[nH]3)cc2)n2nccc2n1. The van der Waals surface area contributed by atoms with E-state index in [0.717, 1.165) is 45.8 Å². The van der Waals surface area contributed by atoms with E-state index >= 15 is 0 Å². The molecule has 3 N–H and O–H groups in total. The van der Waals surface area contributed by atoms with Gasteiger partial charge >= 0.3 is 0 Å². The lowest BCUT2D eigenvalue weighted by Gasteiger charge is -2.24. The molecule has 0 aliphatic carbocycles. The van der Waals surface area contributed by atoms with Crippen molar-refractivity contribution in [2.75, 3.05) is 11.4 Å². The molecule has 0 spiro atoms. The van der Waals surface area contributed by atoms with Crippen molar-refractivity contribution in [1.82, 2.24) is 35.2 Å². The van der Waals surface area contributed by atoms with Crippen molar-refractivity contribution in [2.24, 2.45) is 5.73 Å². The number of rotatable bonds is 8. The lowest BCUT2D eigenvalue weighted by Crippen LogP contribution is -2.34. The molecule has 1 amide bonds. The van der Waals surface area contributed by atoms with Crippen molar-refractivity contribution < 1.29 is 4.79 Å². The van der Waals surface area contributed by atoms with Crippen LogP contribution in [0.5, 0.6) is 0 Å². The van der Waals surface area contributed by atoms with Crippen molar-refractivity contribution in [2.45, 2.75) is 19.9 Å². The van der Waals surface area contributed by atoms with Gasteiger partial charge in [-0.05, 0) is 33.5 Å². The van der Waals surface area contributed by atoms with Crippen LogP contribution in [0.25, 0.3) is 28.2 Å². The van der Waals surface area contributed by atoms with E-state index in [0.29, 0.717) is 12.4 Å². The Hall–Kier alpha value is -4.60. The third-order valence-electron chi connectivity index (χ3n) is 5.59. The highest BCUT2D eigenvalue weighted by Gasteiger charge is 2.17. The third kappa shape index (κ3) is 4.20. The summed E-state index contributed by atoms with van der Waals surface area (Å²) in [5, 5.41) is 18.6. The Bertz CT molecular complexity index is 1420. The smallest absolute Gasteiger partial charge is 0.237 e. The summed E-state index contributed by atoms with van der Waals surface area (Å²) in [5.74, 6) is 0.972. The van der Waals surface area contributed by atoms with E-state index in [1.165, 1.54) is 0 Å². The number of tetrazole rings is 1. The van der Waals surface area contributed by atoms with Gasteiger partial charge < -0.3 is 10.6 Å². The molecule has 2 aromatic carbocycles. The first-order valence-corrected chi connectivity index (χ1v) is 10.9. The number of hydrogen-bond donors (Lipinski definition) is 2. The number of carbonyl (C=O) groups is 1. The fourth-order valence-electron chi connectivity index (χ4n) is 3.98. The van der Waals surface area contributed by atoms with Gasteiger partial charge in [0.05, 0.1) is 12.7 Å². The lowest BCUT2D eigenvalue weighted by atomic mass is 9.98. The number of nitrogens with one attached hydrogen (secondary N) is 1. The quantitative estimate of drug-likeness (QED) is 0.369. The minimum atomic E-state index is -0.415. The van der Waals surface area contributed by atoms with Crippen LogP contribution in [-0.4, -0.2) is 47.7 Å². The molecule has 0 bridgehead atoms. The molecule has 0 saturated heterocycles. The summed E-state index contributed by atoms with van der Waals surface area (Å²) in [6.07, 6.45) is 2.47. The Balaban J connectivity index is 1.47. The normalized spacial score (nSPS) is 11.1. The summed E-state index contributed by atoms with van der Waals surface area (Å²) in [5.41, 5.74) is 11.2. The van der Waals surface area contributed by atoms with Gasteiger partial charge in [0.1, 0.15) is 5.82 Å². The van der Waals surface area contributed by atoms with Crippen LogP contribution in [0.3, 0.4) is 0 Å². The molecule has 0 unspecified atom stereocenters. The Morgan fingerprint density at radius 2 is 1.88 bits per heavy atom. The summed E-state index contributed by atoms with van der Waals surface area (Å²) < 4.78 is 1.73. The average molecular weight is 454 g/mol. The molecule has 0 aliphatic heterocycles. The Morgan fingerprint density at radius 3 is 2.59 bits per heavy atom. The van der Waals surface area contributed by atoms with Gasteiger partial charge in [-0.25, -0.2) is 10.1 Å². The summed E-state index contributed by atoms with van der Waals surface area (Å²) in [6.45, 7) is 2.59. The van der Waals surface area contributed by atoms with E-state index < -0.39 is 5.91 Å². The van der Waals surface area contributed by atoms with Gasteiger partial charge in [-0.3, -0.25) is 4.79 Å². The number of aryl methyl sites for hydroxylation is 1. The summed E-state index contributed by atoms with van der Waals surface area (Å²) in [4.78, 5) is 18.4. The number of nitrogens with two attached hydrogens (primary N) is 1. The number of H-pyrrole nitrogens is 1. The molecule has 0 aliphatic rings. The number of aromatic amines is 1. The summed E-state index contributed by atoms with van der Waals surface area (Å²) >= 11 is 0. The van der Waals surface area contributed by atoms with Crippen LogP contribution < -0.4 is 10.6 Å². The Labute approximate surface area is 195 Å². The minimum Gasteiger partial charge on any atom is -0.368 e. The van der Waals surface area contributed by atoms with Crippen molar-refractivity contribution in [3.05, 3.63) is 78.1 Å². The Morgan fingerprint density at radius 1 is 1.09 bits per heavy atom. The number of hydrogen-bond acceptors (Lipinski definition) is 7. The molecule has 170 valence electrons. The van der Waals surface area contributed by atoms with Crippen LogP contribution in [0, 0.1) is 0 Å². The molecule has 10 heteroatoms. The van der Waals surface area contributed by atoms with Crippen LogP contribution in [0.4, 0.5) is 5.82 Å². The fraction of sp³-hybridized carbons (Fsp3) is 0.167. The zero-order chi connectivity index (χ0) is 23.5. The molecular formula is C24H23N9O. The Kier molecular flexibility index (Phi) is 5.69. The third-order valence-corrected chi connectivity index (χ3v) is 5.59. The maximum Gasteiger partial charge on any atom is 0.237 e. The van der Waals surface area contributed by atoms with E-state index in [1.54, 1.807) is 10.7 Å². The molecule has 0 saturated carbocycles. The van der Waals surface area contributed by atoms with E-state index in [2.05, 4.69) is 30.7 Å². The van der Waals surface area contributed by atoms with Gasteiger partial charge in [0, 0.05) is 29.9 Å². The number of carbonyl (C=O) groups excluding carboxylic acids is 1. The van der Waals surface area contributed by atoms with Crippen LogP contribution >= 0.6 is 0 Å². The second-order valence-corrected chi connectivity index (χ2v) is 7.88. The predicted octanol–water partition coefficient (Wildman–Crippen LogP) is 2.63. The first kappa shape index (κ1) is 21.3. The standard InChI is InChI=1S/C24H23N9O/c1-2-18-13-23(33-22(27-18)11-12-26-33)32(15-21(25)34)14-16-7-9-17(10-8-16)19-5-3-4-6-20(19)24-28-30-31-29-24/h3-13H,2,14-15H2,1H3,(H2,25,34)(H,28,29,30,31). The average Bonchev–Trinajstić information content (AvgIpc) is 3.55. The molecule has 10 nitrogen and oxygen atoms in total. The first-order chi connectivity index (χ1) is 16.6. The largest absolute Gasteiger partial charge is 0.368 e. The molecular weight excluding hydrogens is 430 g/mol. The van der Waals surface area contributed by atoms with Gasteiger partial charge in [-0.15, -0.1) is 5.10 Å². The highest BCUT2D eigenvalue weighted by Crippen LogP contribution is 2.30. The van der Waals surface area contributed by atoms with Gasteiger partial charge in [-0.2, -0.15) is 9.61 Å². The van der Waals surface area contributed by atoms with Crippen molar-refractivity contribution in [3.63, 3.8) is 0 Å². The zero-order valence-corrected chi connectivity index (χ0v) is 18.6. The van der Waals surface area contributed by atoms with Crippen LogP contribution in [0.15, 0.2) is 66.9 Å². The van der Waals surface area contributed by atoms with Crippen molar-refractivity contribution in [1.29, 1.82) is 0 Å². The van der Waals surface area contributed by atoms with E-state index in [1.807, 2.05) is 72.5 Å². The number of primary amides is 1. The maximum atomic E-state index is 11.9. The lowest BCUT2D eigenvalue weighted by molar-refractivity contribution is -0.116. The highest BCUT2D eigenvalue weighted by molar-refractivity contribution is 5.81. The monoisotopic (exact) mass is 453 g/mol. The number of benzene rings is 2. The van der Waals surface area contributed by atoms with E-state index in [4.69, 9.17) is 5.73 Å². The molecule has 5 aromatic rings. The summed E-state index contributed by atoms with van der Waals surface area (Å²) in [6, 6.07) is 19.9. The van der Waals surface area contributed by atoms with Gasteiger partial charge in [-0.1, -0.05) is 55.5 Å². The van der Waals surface area contributed by atoms with Crippen molar-refractivity contribution >= 4 is 17.4 Å². The maximum absolute atomic E-state index is 11.9. The highest BCUT2D eigenvalue weighted by atomic mass is 16.1. The predicted molar refractivity (Wildman–Crippen MR) is 128 cm³/mol. The molecule has 0 atom stereocenters. The van der Waals surface area contributed by atoms with Crippen LogP contribution in [-0.2, 0) is 17.8 Å². The number of amides is 1. The number of aromatic nitrogens is 7. The minimum absolute atomic E-state index is 0.0607. The molecule has 0 radical (unpaired) electrons.